The van der Waals surface area contributed by atoms with Crippen molar-refractivity contribution in [2.75, 3.05) is 0 Å². The SMILES string of the molecule is Cc1cc(C)nc(-n2nc(-c3ccccc3Cl)nc2Cl)n1. The molecule has 7 heteroatoms. The van der Waals surface area contributed by atoms with Gasteiger partial charge < -0.3 is 0 Å². The van der Waals surface area contributed by atoms with Gasteiger partial charge in [-0.3, -0.25) is 0 Å². The summed E-state index contributed by atoms with van der Waals surface area (Å²) >= 11 is 12.3. The second-order valence-corrected chi connectivity index (χ2v) is 5.29. The van der Waals surface area contributed by atoms with Crippen LogP contribution in [0.4, 0.5) is 0 Å². The number of nitrogens with zero attached hydrogens (tertiary/aromatic N) is 5. The summed E-state index contributed by atoms with van der Waals surface area (Å²) in [5, 5.41) is 5.11. The van der Waals surface area contributed by atoms with Gasteiger partial charge in [0.15, 0.2) is 5.82 Å². The molecule has 1 aromatic carbocycles. The molecule has 5 nitrogen and oxygen atoms in total. The quantitative estimate of drug-likeness (QED) is 0.723. The average Bonchev–Trinajstić information content (AvgIpc) is 2.80. The monoisotopic (exact) mass is 319 g/mol. The Hall–Kier alpha value is -1.98. The maximum Gasteiger partial charge on any atom is 0.253 e. The Bertz CT molecular complexity index is 793. The van der Waals surface area contributed by atoms with Crippen molar-refractivity contribution in [1.29, 1.82) is 0 Å². The molecule has 0 amide bonds. The van der Waals surface area contributed by atoms with Crippen molar-refractivity contribution < 1.29 is 0 Å². The first kappa shape index (κ1) is 14.0. The van der Waals surface area contributed by atoms with Crippen LogP contribution in [0.3, 0.4) is 0 Å². The molecule has 0 aliphatic carbocycles. The van der Waals surface area contributed by atoms with Crippen molar-refractivity contribution in [2.24, 2.45) is 0 Å². The predicted octanol–water partition coefficient (Wildman–Crippen LogP) is 3.65. The first-order valence-electron chi connectivity index (χ1n) is 6.25. The Balaban J connectivity index is 2.12. The third kappa shape index (κ3) is 2.75. The van der Waals surface area contributed by atoms with Gasteiger partial charge in [0.1, 0.15) is 0 Å². The van der Waals surface area contributed by atoms with E-state index in [2.05, 4.69) is 20.1 Å². The summed E-state index contributed by atoms with van der Waals surface area (Å²) in [6.07, 6.45) is 0. The lowest BCUT2D eigenvalue weighted by Gasteiger charge is -2.02. The number of hydrogen-bond acceptors (Lipinski definition) is 4. The molecule has 0 N–H and O–H groups in total. The number of rotatable bonds is 2. The first-order chi connectivity index (χ1) is 10.0. The molecule has 0 radical (unpaired) electrons. The van der Waals surface area contributed by atoms with Crippen molar-refractivity contribution >= 4 is 23.2 Å². The topological polar surface area (TPSA) is 56.5 Å². The summed E-state index contributed by atoms with van der Waals surface area (Å²) in [6.45, 7) is 3.77. The van der Waals surface area contributed by atoms with E-state index in [1.54, 1.807) is 6.07 Å². The van der Waals surface area contributed by atoms with Gasteiger partial charge in [-0.25, -0.2) is 9.97 Å². The number of benzene rings is 1. The van der Waals surface area contributed by atoms with Gasteiger partial charge in [-0.15, -0.1) is 5.10 Å². The van der Waals surface area contributed by atoms with Crippen molar-refractivity contribution in [3.63, 3.8) is 0 Å². The minimum absolute atomic E-state index is 0.190. The second-order valence-electron chi connectivity index (χ2n) is 4.55. The van der Waals surface area contributed by atoms with Crippen LogP contribution in [0.2, 0.25) is 10.3 Å². The summed E-state index contributed by atoms with van der Waals surface area (Å²) < 4.78 is 1.40. The Morgan fingerprint density at radius 1 is 0.952 bits per heavy atom. The molecule has 3 rings (SSSR count). The van der Waals surface area contributed by atoms with Gasteiger partial charge in [-0.2, -0.15) is 9.67 Å². The highest BCUT2D eigenvalue weighted by molar-refractivity contribution is 6.33. The Kier molecular flexibility index (Phi) is 3.61. The molecular weight excluding hydrogens is 309 g/mol. The molecule has 0 fully saturated rings. The molecule has 0 aliphatic heterocycles. The van der Waals surface area contributed by atoms with E-state index >= 15 is 0 Å². The molecule has 3 aromatic rings. The molecule has 0 saturated heterocycles. The normalized spacial score (nSPS) is 10.9. The molecule has 0 atom stereocenters. The van der Waals surface area contributed by atoms with Crippen molar-refractivity contribution in [3.05, 3.63) is 52.0 Å². The highest BCUT2D eigenvalue weighted by Crippen LogP contribution is 2.26. The second kappa shape index (κ2) is 5.42. The van der Waals surface area contributed by atoms with E-state index in [1.165, 1.54) is 4.68 Å². The van der Waals surface area contributed by atoms with E-state index in [9.17, 15) is 0 Å². The molecule has 0 unspecified atom stereocenters. The number of halogens is 2. The Labute approximate surface area is 131 Å². The van der Waals surface area contributed by atoms with Gasteiger partial charge >= 0.3 is 0 Å². The van der Waals surface area contributed by atoms with Gasteiger partial charge in [0.05, 0.1) is 5.02 Å². The molecular formula is C14H11Cl2N5. The molecule has 0 bridgehead atoms. The van der Waals surface area contributed by atoms with Gasteiger partial charge in [-0.05, 0) is 43.6 Å². The fraction of sp³-hybridized carbons (Fsp3) is 0.143. The number of aromatic nitrogens is 5. The fourth-order valence-corrected chi connectivity index (χ4v) is 2.39. The van der Waals surface area contributed by atoms with Crippen LogP contribution in [-0.2, 0) is 0 Å². The van der Waals surface area contributed by atoms with Crippen LogP contribution in [-0.4, -0.2) is 24.7 Å². The Morgan fingerprint density at radius 2 is 1.62 bits per heavy atom. The smallest absolute Gasteiger partial charge is 0.216 e. The van der Waals surface area contributed by atoms with Crippen molar-refractivity contribution in [1.82, 2.24) is 24.7 Å². The van der Waals surface area contributed by atoms with E-state index in [0.29, 0.717) is 22.4 Å². The summed E-state index contributed by atoms with van der Waals surface area (Å²) in [6, 6.07) is 9.20. The van der Waals surface area contributed by atoms with Crippen LogP contribution in [0, 0.1) is 13.8 Å². The van der Waals surface area contributed by atoms with Crippen LogP contribution >= 0.6 is 23.2 Å². The zero-order valence-corrected chi connectivity index (χ0v) is 12.9. The van der Waals surface area contributed by atoms with E-state index in [-0.39, 0.29) is 5.28 Å². The van der Waals surface area contributed by atoms with Crippen molar-refractivity contribution in [2.45, 2.75) is 13.8 Å². The lowest BCUT2D eigenvalue weighted by Crippen LogP contribution is -2.05. The molecule has 2 heterocycles. The molecule has 0 spiro atoms. The van der Waals surface area contributed by atoms with E-state index in [1.807, 2.05) is 38.1 Å². The lowest BCUT2D eigenvalue weighted by atomic mass is 10.2. The summed E-state index contributed by atoms with van der Waals surface area (Å²) in [5.41, 5.74) is 2.39. The van der Waals surface area contributed by atoms with Crippen LogP contribution in [0.1, 0.15) is 11.4 Å². The van der Waals surface area contributed by atoms with Gasteiger partial charge in [0, 0.05) is 17.0 Å². The molecule has 0 saturated carbocycles. The fourth-order valence-electron chi connectivity index (χ4n) is 1.98. The molecule has 21 heavy (non-hydrogen) atoms. The first-order valence-corrected chi connectivity index (χ1v) is 7.00. The summed E-state index contributed by atoms with van der Waals surface area (Å²) in [4.78, 5) is 12.9. The minimum Gasteiger partial charge on any atom is -0.216 e. The van der Waals surface area contributed by atoms with Crippen LogP contribution in [0.5, 0.6) is 0 Å². The molecule has 0 aliphatic rings. The van der Waals surface area contributed by atoms with E-state index < -0.39 is 0 Å². The van der Waals surface area contributed by atoms with Gasteiger partial charge in [0.25, 0.3) is 5.95 Å². The number of aryl methyl sites for hydroxylation is 2. The van der Waals surface area contributed by atoms with E-state index in [4.69, 9.17) is 23.2 Å². The Morgan fingerprint density at radius 3 is 2.29 bits per heavy atom. The van der Waals surface area contributed by atoms with Crippen LogP contribution in [0.15, 0.2) is 30.3 Å². The average molecular weight is 320 g/mol. The lowest BCUT2D eigenvalue weighted by molar-refractivity contribution is 0.795. The van der Waals surface area contributed by atoms with Crippen LogP contribution < -0.4 is 0 Å². The highest BCUT2D eigenvalue weighted by Gasteiger charge is 2.15. The highest BCUT2D eigenvalue weighted by atomic mass is 35.5. The zero-order valence-electron chi connectivity index (χ0n) is 11.4. The maximum absolute atomic E-state index is 6.15. The standard InChI is InChI=1S/C14H11Cl2N5/c1-8-7-9(2)18-14(17-8)21-13(16)19-12(20-21)10-5-3-4-6-11(10)15/h3-7H,1-2H3. The third-order valence-corrected chi connectivity index (χ3v) is 3.42. The van der Waals surface area contributed by atoms with Crippen molar-refractivity contribution in [3.8, 4) is 17.3 Å². The summed E-state index contributed by atoms with van der Waals surface area (Å²) in [5.74, 6) is 0.830. The van der Waals surface area contributed by atoms with Gasteiger partial charge in [0.2, 0.25) is 5.28 Å². The molecule has 106 valence electrons. The summed E-state index contributed by atoms with van der Waals surface area (Å²) in [7, 11) is 0. The zero-order chi connectivity index (χ0) is 15.0. The van der Waals surface area contributed by atoms with Gasteiger partial charge in [-0.1, -0.05) is 23.7 Å². The minimum atomic E-state index is 0.190. The largest absolute Gasteiger partial charge is 0.253 e. The van der Waals surface area contributed by atoms with E-state index in [0.717, 1.165) is 11.4 Å². The van der Waals surface area contributed by atoms with Crippen LogP contribution in [0.25, 0.3) is 17.3 Å². The number of hydrogen-bond donors (Lipinski definition) is 0. The predicted molar refractivity (Wildman–Crippen MR) is 81.9 cm³/mol. The molecule has 2 aromatic heterocycles. The third-order valence-electron chi connectivity index (χ3n) is 2.84. The maximum atomic E-state index is 6.15.